The van der Waals surface area contributed by atoms with Crippen LogP contribution in [0, 0.1) is 0 Å². The summed E-state index contributed by atoms with van der Waals surface area (Å²) in [4.78, 5) is 17.4. The Kier molecular flexibility index (Phi) is 4.84. The molecule has 5 nitrogen and oxygen atoms in total. The largest absolute Gasteiger partial charge is 0.453 e. The Bertz CT molecular complexity index is 203. The third kappa shape index (κ3) is 4.05. The van der Waals surface area contributed by atoms with Crippen molar-refractivity contribution in [2.45, 2.75) is 0 Å². The van der Waals surface area contributed by atoms with Crippen molar-refractivity contribution in [1.29, 1.82) is 0 Å². The standard InChI is InChI=1S/C10H21N3O2/c1-11-4-7-13(8-5-11)9-6-12(2)10(14)15-3/h4-9H2,1-3H3. The predicted octanol–water partition coefficient (Wildman–Crippen LogP) is -0.0680. The fourth-order valence-corrected chi connectivity index (χ4v) is 1.61. The van der Waals surface area contributed by atoms with E-state index < -0.39 is 0 Å². The van der Waals surface area contributed by atoms with Crippen molar-refractivity contribution in [3.05, 3.63) is 0 Å². The smallest absolute Gasteiger partial charge is 0.409 e. The summed E-state index contributed by atoms with van der Waals surface area (Å²) >= 11 is 0. The molecular formula is C10H21N3O2. The maximum absolute atomic E-state index is 11.1. The minimum Gasteiger partial charge on any atom is -0.453 e. The molecule has 0 spiro atoms. The number of ether oxygens (including phenoxy) is 1. The summed E-state index contributed by atoms with van der Waals surface area (Å²) in [5.74, 6) is 0. The normalized spacial score (nSPS) is 18.9. The summed E-state index contributed by atoms with van der Waals surface area (Å²) in [6, 6.07) is 0. The number of hydrogen-bond acceptors (Lipinski definition) is 4. The summed E-state index contributed by atoms with van der Waals surface area (Å²) in [7, 11) is 5.31. The number of methoxy groups -OCH3 is 1. The minimum atomic E-state index is -0.260. The van der Waals surface area contributed by atoms with Crippen LogP contribution >= 0.6 is 0 Å². The van der Waals surface area contributed by atoms with E-state index in [2.05, 4.69) is 21.6 Å². The Hall–Kier alpha value is -0.810. The highest BCUT2D eigenvalue weighted by molar-refractivity contribution is 5.66. The zero-order valence-electron chi connectivity index (χ0n) is 9.90. The number of rotatable bonds is 3. The van der Waals surface area contributed by atoms with E-state index in [1.165, 1.54) is 7.11 Å². The second kappa shape index (κ2) is 5.92. The topological polar surface area (TPSA) is 36.0 Å². The van der Waals surface area contributed by atoms with E-state index in [0.29, 0.717) is 0 Å². The molecule has 0 N–H and O–H groups in total. The van der Waals surface area contributed by atoms with Crippen LogP contribution < -0.4 is 0 Å². The third-order valence-corrected chi connectivity index (χ3v) is 2.83. The van der Waals surface area contributed by atoms with Crippen molar-refractivity contribution >= 4 is 6.09 Å². The first kappa shape index (κ1) is 12.3. The summed E-state index contributed by atoms with van der Waals surface area (Å²) in [6.07, 6.45) is -0.260. The van der Waals surface area contributed by atoms with Gasteiger partial charge in [-0.15, -0.1) is 0 Å². The zero-order valence-corrected chi connectivity index (χ0v) is 9.90. The summed E-state index contributed by atoms with van der Waals surface area (Å²) in [5, 5.41) is 0. The molecule has 1 amide bonds. The summed E-state index contributed by atoms with van der Waals surface area (Å²) < 4.78 is 4.63. The van der Waals surface area contributed by atoms with Crippen LogP contribution in [0.15, 0.2) is 0 Å². The van der Waals surface area contributed by atoms with Gasteiger partial charge < -0.3 is 14.5 Å². The lowest BCUT2D eigenvalue weighted by Crippen LogP contribution is -2.47. The molecule has 1 fully saturated rings. The highest BCUT2D eigenvalue weighted by atomic mass is 16.5. The third-order valence-electron chi connectivity index (χ3n) is 2.83. The van der Waals surface area contributed by atoms with Gasteiger partial charge in [0.25, 0.3) is 0 Å². The molecule has 0 unspecified atom stereocenters. The van der Waals surface area contributed by atoms with Crippen molar-refractivity contribution in [3.8, 4) is 0 Å². The van der Waals surface area contributed by atoms with Crippen LogP contribution in [-0.4, -0.2) is 81.3 Å². The monoisotopic (exact) mass is 215 g/mol. The van der Waals surface area contributed by atoms with Crippen LogP contribution in [0.1, 0.15) is 0 Å². The van der Waals surface area contributed by atoms with Gasteiger partial charge in [0.05, 0.1) is 7.11 Å². The fourth-order valence-electron chi connectivity index (χ4n) is 1.61. The number of carbonyl (C=O) groups excluding carboxylic acids is 1. The Balaban J connectivity index is 2.17. The molecule has 0 radical (unpaired) electrons. The number of hydrogen-bond donors (Lipinski definition) is 0. The molecule has 5 heteroatoms. The van der Waals surface area contributed by atoms with Crippen LogP contribution in [0.2, 0.25) is 0 Å². The summed E-state index contributed by atoms with van der Waals surface area (Å²) in [5.41, 5.74) is 0. The molecule has 1 aliphatic rings. The van der Waals surface area contributed by atoms with Crippen LogP contribution in [0.4, 0.5) is 4.79 Å². The Morgan fingerprint density at radius 2 is 1.93 bits per heavy atom. The Labute approximate surface area is 91.6 Å². The van der Waals surface area contributed by atoms with Gasteiger partial charge in [-0.2, -0.15) is 0 Å². The molecule has 0 aromatic heterocycles. The molecule has 0 aromatic rings. The van der Waals surface area contributed by atoms with Crippen LogP contribution in [0.25, 0.3) is 0 Å². The van der Waals surface area contributed by atoms with Crippen molar-refractivity contribution in [2.75, 3.05) is 60.5 Å². The van der Waals surface area contributed by atoms with Gasteiger partial charge in [-0.25, -0.2) is 4.79 Å². The maximum Gasteiger partial charge on any atom is 0.409 e. The average Bonchev–Trinajstić information content (AvgIpc) is 2.26. The lowest BCUT2D eigenvalue weighted by atomic mass is 10.3. The molecule has 88 valence electrons. The van der Waals surface area contributed by atoms with Crippen molar-refractivity contribution < 1.29 is 9.53 Å². The molecule has 0 aromatic carbocycles. The van der Waals surface area contributed by atoms with Crippen LogP contribution in [0.5, 0.6) is 0 Å². The highest BCUT2D eigenvalue weighted by Gasteiger charge is 2.15. The second-order valence-corrected chi connectivity index (χ2v) is 4.04. The van der Waals surface area contributed by atoms with Gasteiger partial charge in [0, 0.05) is 46.3 Å². The van der Waals surface area contributed by atoms with Gasteiger partial charge >= 0.3 is 6.09 Å². The lowest BCUT2D eigenvalue weighted by molar-refractivity contribution is 0.115. The van der Waals surface area contributed by atoms with Crippen LogP contribution in [-0.2, 0) is 4.74 Å². The van der Waals surface area contributed by atoms with E-state index in [9.17, 15) is 4.79 Å². The zero-order chi connectivity index (χ0) is 11.3. The second-order valence-electron chi connectivity index (χ2n) is 4.04. The first-order valence-electron chi connectivity index (χ1n) is 5.33. The van der Waals surface area contributed by atoms with Gasteiger partial charge in [-0.3, -0.25) is 4.90 Å². The summed E-state index contributed by atoms with van der Waals surface area (Å²) in [6.45, 7) is 6.07. The molecule has 0 aliphatic carbocycles. The van der Waals surface area contributed by atoms with Gasteiger partial charge in [-0.1, -0.05) is 0 Å². The molecule has 0 saturated carbocycles. The minimum absolute atomic E-state index is 0.260. The molecule has 0 atom stereocenters. The molecule has 0 bridgehead atoms. The number of amides is 1. The van der Waals surface area contributed by atoms with E-state index in [4.69, 9.17) is 0 Å². The van der Waals surface area contributed by atoms with Crippen molar-refractivity contribution in [1.82, 2.24) is 14.7 Å². The van der Waals surface area contributed by atoms with Gasteiger partial charge in [0.1, 0.15) is 0 Å². The van der Waals surface area contributed by atoms with E-state index >= 15 is 0 Å². The van der Waals surface area contributed by atoms with E-state index in [1.807, 2.05) is 0 Å². The molecule has 1 rings (SSSR count). The molecule has 1 aliphatic heterocycles. The first-order chi connectivity index (χ1) is 7.13. The predicted molar refractivity (Wildman–Crippen MR) is 59.0 cm³/mol. The average molecular weight is 215 g/mol. The van der Waals surface area contributed by atoms with Crippen molar-refractivity contribution in [2.24, 2.45) is 0 Å². The molecule has 1 heterocycles. The van der Waals surface area contributed by atoms with Gasteiger partial charge in [-0.05, 0) is 7.05 Å². The maximum atomic E-state index is 11.1. The van der Waals surface area contributed by atoms with Crippen molar-refractivity contribution in [3.63, 3.8) is 0 Å². The Morgan fingerprint density at radius 3 is 2.47 bits per heavy atom. The van der Waals surface area contributed by atoms with Crippen LogP contribution in [0.3, 0.4) is 0 Å². The van der Waals surface area contributed by atoms with E-state index in [1.54, 1.807) is 11.9 Å². The van der Waals surface area contributed by atoms with Gasteiger partial charge in [0.15, 0.2) is 0 Å². The number of likely N-dealkylation sites (N-methyl/N-ethyl adjacent to an activating group) is 2. The first-order valence-corrected chi connectivity index (χ1v) is 5.33. The number of piperazine rings is 1. The van der Waals surface area contributed by atoms with E-state index in [0.717, 1.165) is 39.3 Å². The highest BCUT2D eigenvalue weighted by Crippen LogP contribution is 1.99. The molecule has 15 heavy (non-hydrogen) atoms. The van der Waals surface area contributed by atoms with Gasteiger partial charge in [0.2, 0.25) is 0 Å². The number of nitrogens with zero attached hydrogens (tertiary/aromatic N) is 3. The SMILES string of the molecule is COC(=O)N(C)CCN1CCN(C)CC1. The fraction of sp³-hybridized carbons (Fsp3) is 0.900. The molecule has 1 saturated heterocycles. The lowest BCUT2D eigenvalue weighted by Gasteiger charge is -2.33. The van der Waals surface area contributed by atoms with E-state index in [-0.39, 0.29) is 6.09 Å². The molecular weight excluding hydrogens is 194 g/mol. The quantitative estimate of drug-likeness (QED) is 0.660. The Morgan fingerprint density at radius 1 is 1.33 bits per heavy atom. The number of carbonyl (C=O) groups is 1.